The summed E-state index contributed by atoms with van der Waals surface area (Å²) in [6, 6.07) is 7.04. The van der Waals surface area contributed by atoms with Crippen LogP contribution in [0.3, 0.4) is 0 Å². The van der Waals surface area contributed by atoms with Gasteiger partial charge in [-0.25, -0.2) is 4.79 Å². The number of ketones is 1. The second kappa shape index (κ2) is 5.95. The molecule has 0 spiro atoms. The van der Waals surface area contributed by atoms with Crippen molar-refractivity contribution >= 4 is 11.8 Å². The van der Waals surface area contributed by atoms with Gasteiger partial charge in [0.25, 0.3) is 0 Å². The second-order valence-corrected chi connectivity index (χ2v) is 5.13. The van der Waals surface area contributed by atoms with Crippen molar-refractivity contribution in [1.82, 2.24) is 0 Å². The first-order valence-corrected chi connectivity index (χ1v) is 6.73. The van der Waals surface area contributed by atoms with Gasteiger partial charge in [0.15, 0.2) is 12.4 Å². The monoisotopic (exact) mass is 286 g/mol. The lowest BCUT2D eigenvalue weighted by molar-refractivity contribution is 0.0473. The molecule has 110 valence electrons. The van der Waals surface area contributed by atoms with Gasteiger partial charge in [0.1, 0.15) is 17.1 Å². The molecule has 0 saturated carbocycles. The highest BCUT2D eigenvalue weighted by molar-refractivity contribution is 5.99. The zero-order valence-electron chi connectivity index (χ0n) is 12.6. The average molecular weight is 286 g/mol. The smallest absolute Gasteiger partial charge is 0.342 e. The molecule has 0 aliphatic rings. The molecule has 2 aromatic rings. The van der Waals surface area contributed by atoms with E-state index >= 15 is 0 Å². The first kappa shape index (κ1) is 15.0. The minimum absolute atomic E-state index is 0.218. The highest BCUT2D eigenvalue weighted by atomic mass is 16.5. The number of ether oxygens (including phenoxy) is 1. The fourth-order valence-electron chi connectivity index (χ4n) is 2.04. The molecule has 4 heteroatoms. The van der Waals surface area contributed by atoms with Crippen molar-refractivity contribution in [2.75, 3.05) is 6.61 Å². The molecule has 0 radical (unpaired) electrons. The molecule has 21 heavy (non-hydrogen) atoms. The number of furan rings is 1. The summed E-state index contributed by atoms with van der Waals surface area (Å²) >= 11 is 0. The first-order chi connectivity index (χ1) is 9.88. The fraction of sp³-hybridized carbons (Fsp3) is 0.294. The van der Waals surface area contributed by atoms with E-state index in [2.05, 4.69) is 0 Å². The van der Waals surface area contributed by atoms with Crippen molar-refractivity contribution in [3.05, 3.63) is 58.0 Å². The Kier molecular flexibility index (Phi) is 4.26. The number of carbonyl (C=O) groups is 2. The lowest BCUT2D eigenvalue weighted by Gasteiger charge is -2.06. The van der Waals surface area contributed by atoms with Crippen LogP contribution in [0.2, 0.25) is 0 Å². The fourth-order valence-corrected chi connectivity index (χ4v) is 2.04. The van der Waals surface area contributed by atoms with E-state index in [1.165, 1.54) is 0 Å². The predicted molar refractivity (Wildman–Crippen MR) is 78.7 cm³/mol. The highest BCUT2D eigenvalue weighted by Crippen LogP contribution is 2.15. The van der Waals surface area contributed by atoms with Gasteiger partial charge in [-0.05, 0) is 51.0 Å². The van der Waals surface area contributed by atoms with Gasteiger partial charge in [0.05, 0.1) is 0 Å². The van der Waals surface area contributed by atoms with Gasteiger partial charge in [-0.2, -0.15) is 0 Å². The van der Waals surface area contributed by atoms with Crippen LogP contribution in [0, 0.1) is 27.7 Å². The number of Topliss-reactive ketones (excluding diaryl/α,β-unsaturated/α-hetero) is 1. The van der Waals surface area contributed by atoms with E-state index in [4.69, 9.17) is 9.15 Å². The summed E-state index contributed by atoms with van der Waals surface area (Å²) in [4.78, 5) is 23.9. The third-order valence-corrected chi connectivity index (χ3v) is 3.42. The van der Waals surface area contributed by atoms with Crippen LogP contribution in [0.25, 0.3) is 0 Å². The van der Waals surface area contributed by atoms with Gasteiger partial charge < -0.3 is 9.15 Å². The Morgan fingerprint density at radius 1 is 1.05 bits per heavy atom. The number of hydrogen-bond donors (Lipinski definition) is 0. The molecule has 0 atom stereocenters. The van der Waals surface area contributed by atoms with Gasteiger partial charge >= 0.3 is 5.97 Å². The largest absolute Gasteiger partial charge is 0.466 e. The maximum Gasteiger partial charge on any atom is 0.342 e. The van der Waals surface area contributed by atoms with Crippen LogP contribution in [0.4, 0.5) is 0 Å². The lowest BCUT2D eigenvalue weighted by atomic mass is 10.0. The van der Waals surface area contributed by atoms with Crippen molar-refractivity contribution in [3.8, 4) is 0 Å². The molecule has 0 aliphatic carbocycles. The normalized spacial score (nSPS) is 10.5. The summed E-state index contributed by atoms with van der Waals surface area (Å²) in [7, 11) is 0. The maximum absolute atomic E-state index is 12.0. The van der Waals surface area contributed by atoms with Crippen molar-refractivity contribution < 1.29 is 18.7 Å². The maximum atomic E-state index is 12.0. The summed E-state index contributed by atoms with van der Waals surface area (Å²) < 4.78 is 10.3. The summed E-state index contributed by atoms with van der Waals surface area (Å²) in [6.07, 6.45) is 0. The number of rotatable bonds is 4. The summed E-state index contributed by atoms with van der Waals surface area (Å²) in [5, 5.41) is 0. The molecule has 1 aromatic heterocycles. The summed E-state index contributed by atoms with van der Waals surface area (Å²) in [5.74, 6) is 0.377. The summed E-state index contributed by atoms with van der Waals surface area (Å²) in [6.45, 7) is 7.09. The Morgan fingerprint density at radius 2 is 1.76 bits per heavy atom. The van der Waals surface area contributed by atoms with Gasteiger partial charge in [0.2, 0.25) is 0 Å². The SMILES string of the molecule is Cc1cc(C(=O)OCC(=O)c2ccc(C)c(C)c2)c(C)o1. The van der Waals surface area contributed by atoms with Crippen molar-refractivity contribution in [2.45, 2.75) is 27.7 Å². The zero-order chi connectivity index (χ0) is 15.6. The molecule has 0 aliphatic heterocycles. The van der Waals surface area contributed by atoms with Crippen molar-refractivity contribution in [3.63, 3.8) is 0 Å². The van der Waals surface area contributed by atoms with Gasteiger partial charge in [-0.1, -0.05) is 12.1 Å². The molecule has 0 N–H and O–H groups in total. The Morgan fingerprint density at radius 3 is 2.33 bits per heavy atom. The standard InChI is InChI=1S/C17H18O4/c1-10-5-6-14(7-11(10)2)16(18)9-20-17(19)15-8-12(3)21-13(15)4/h5-8H,9H2,1-4H3. The van der Waals surface area contributed by atoms with Crippen LogP contribution in [-0.2, 0) is 4.74 Å². The van der Waals surface area contributed by atoms with Gasteiger partial charge in [-0.3, -0.25) is 4.79 Å². The van der Waals surface area contributed by atoms with E-state index in [1.807, 2.05) is 19.9 Å². The molecular weight excluding hydrogens is 268 g/mol. The first-order valence-electron chi connectivity index (χ1n) is 6.73. The van der Waals surface area contributed by atoms with Crippen molar-refractivity contribution in [2.24, 2.45) is 0 Å². The second-order valence-electron chi connectivity index (χ2n) is 5.13. The third-order valence-electron chi connectivity index (χ3n) is 3.42. The molecule has 0 saturated heterocycles. The third kappa shape index (κ3) is 3.40. The predicted octanol–water partition coefficient (Wildman–Crippen LogP) is 3.55. The van der Waals surface area contributed by atoms with E-state index < -0.39 is 5.97 Å². The molecule has 4 nitrogen and oxygen atoms in total. The Bertz CT molecular complexity index is 695. The average Bonchev–Trinajstić information content (AvgIpc) is 2.77. The minimum atomic E-state index is -0.540. The van der Waals surface area contributed by atoms with E-state index in [1.54, 1.807) is 32.0 Å². The van der Waals surface area contributed by atoms with Crippen molar-refractivity contribution in [1.29, 1.82) is 0 Å². The van der Waals surface area contributed by atoms with Crippen LogP contribution in [0.15, 0.2) is 28.7 Å². The van der Waals surface area contributed by atoms with Crippen LogP contribution in [0.1, 0.15) is 43.4 Å². The molecule has 1 heterocycles. The number of carbonyl (C=O) groups excluding carboxylic acids is 2. The molecule has 0 unspecified atom stereocenters. The van der Waals surface area contributed by atoms with E-state index in [0.29, 0.717) is 22.6 Å². The lowest BCUT2D eigenvalue weighted by Crippen LogP contribution is -2.14. The number of esters is 1. The van der Waals surface area contributed by atoms with Crippen LogP contribution in [0.5, 0.6) is 0 Å². The molecule has 0 amide bonds. The Balaban J connectivity index is 2.02. The van der Waals surface area contributed by atoms with Crippen LogP contribution in [-0.4, -0.2) is 18.4 Å². The molecule has 2 rings (SSSR count). The Labute approximate surface area is 123 Å². The molecule has 1 aromatic carbocycles. The van der Waals surface area contributed by atoms with Crippen LogP contribution < -0.4 is 0 Å². The summed E-state index contributed by atoms with van der Waals surface area (Å²) in [5.41, 5.74) is 3.06. The number of benzene rings is 1. The zero-order valence-corrected chi connectivity index (χ0v) is 12.6. The highest BCUT2D eigenvalue weighted by Gasteiger charge is 2.17. The van der Waals surface area contributed by atoms with Crippen LogP contribution >= 0.6 is 0 Å². The van der Waals surface area contributed by atoms with Gasteiger partial charge in [-0.15, -0.1) is 0 Å². The molecular formula is C17H18O4. The minimum Gasteiger partial charge on any atom is -0.466 e. The van der Waals surface area contributed by atoms with E-state index in [0.717, 1.165) is 11.1 Å². The molecule has 0 fully saturated rings. The Hall–Kier alpha value is -2.36. The van der Waals surface area contributed by atoms with E-state index in [9.17, 15) is 9.59 Å². The van der Waals surface area contributed by atoms with Gasteiger partial charge in [0, 0.05) is 5.56 Å². The van der Waals surface area contributed by atoms with E-state index in [-0.39, 0.29) is 12.4 Å². The molecule has 0 bridgehead atoms. The number of hydrogen-bond acceptors (Lipinski definition) is 4. The quantitative estimate of drug-likeness (QED) is 0.637. The number of aryl methyl sites for hydroxylation is 4. The topological polar surface area (TPSA) is 56.5 Å².